The summed E-state index contributed by atoms with van der Waals surface area (Å²) in [5, 5.41) is 25.0. The lowest BCUT2D eigenvalue weighted by Crippen LogP contribution is -2.53. The molecule has 1 saturated carbocycles. The molecule has 0 amide bonds. The summed E-state index contributed by atoms with van der Waals surface area (Å²) in [5.74, 6) is 0.0548. The molecule has 0 radical (unpaired) electrons. The monoisotopic (exact) mass is 602 g/mol. The molecule has 5 heteroatoms. The molecular formula is C40H46N2O3. The molecule has 3 aliphatic carbocycles. The molecule has 234 valence electrons. The molecule has 0 saturated heterocycles. The van der Waals surface area contributed by atoms with Gasteiger partial charge in [0.1, 0.15) is 0 Å². The van der Waals surface area contributed by atoms with E-state index >= 15 is 0 Å². The fraction of sp³-hybridized carbons (Fsp3) is 0.425. The van der Waals surface area contributed by atoms with Gasteiger partial charge in [-0.1, -0.05) is 79.2 Å². The molecule has 1 aliphatic heterocycles. The number of hydrogen-bond donors (Lipinski definition) is 3. The van der Waals surface area contributed by atoms with Gasteiger partial charge < -0.3 is 15.2 Å². The standard InChI is InChI=1S/C40H46N2O3/c1-27-9-8-20-39(2)35(18-21-40(39,45)26-42-22-19-33-32-12-6-7-13-36(32)41-37(33)25-42)31-17-15-28(23-30(43)16-14-27)24-34(31)38(44)29-10-4-3-5-11-29/h3-7,9-13,15,17,24,30,35,41,43,45H,8,14,16,18-23,25-26H2,1-2H3. The number of ketones is 1. The number of β-amino-alcohol motifs (C(OH)–C–C–N with tert-alkyl or cyclic N) is 1. The van der Waals surface area contributed by atoms with E-state index in [9.17, 15) is 15.0 Å². The molecule has 2 bridgehead atoms. The van der Waals surface area contributed by atoms with E-state index in [0.717, 1.165) is 61.9 Å². The summed E-state index contributed by atoms with van der Waals surface area (Å²) in [5.41, 5.74) is 7.25. The van der Waals surface area contributed by atoms with E-state index in [-0.39, 0.29) is 11.7 Å². The van der Waals surface area contributed by atoms with Crippen molar-refractivity contribution in [3.63, 3.8) is 0 Å². The number of H-pyrrole nitrogens is 1. The predicted octanol–water partition coefficient (Wildman–Crippen LogP) is 7.50. The average Bonchev–Trinajstić information content (AvgIpc) is 3.53. The van der Waals surface area contributed by atoms with Gasteiger partial charge in [0.2, 0.25) is 0 Å². The molecular weight excluding hydrogens is 556 g/mol. The molecule has 4 unspecified atom stereocenters. The minimum Gasteiger partial charge on any atom is -0.393 e. The first kappa shape index (κ1) is 30.2. The highest BCUT2D eigenvalue weighted by molar-refractivity contribution is 6.10. The number of nitrogens with one attached hydrogen (secondary N) is 1. The molecule has 0 spiro atoms. The fourth-order valence-electron chi connectivity index (χ4n) is 8.70. The number of carbonyl (C=O) groups is 1. The zero-order valence-corrected chi connectivity index (χ0v) is 26.7. The van der Waals surface area contributed by atoms with Gasteiger partial charge in [-0.05, 0) is 93.0 Å². The number of carbonyl (C=O) groups excluding carboxylic acids is 1. The zero-order valence-electron chi connectivity index (χ0n) is 26.7. The van der Waals surface area contributed by atoms with Crippen molar-refractivity contribution in [1.29, 1.82) is 0 Å². The number of aliphatic hydroxyl groups is 2. The van der Waals surface area contributed by atoms with Crippen molar-refractivity contribution in [3.8, 4) is 0 Å². The topological polar surface area (TPSA) is 76.6 Å². The minimum atomic E-state index is -0.901. The highest BCUT2D eigenvalue weighted by Gasteiger charge is 2.57. The Labute approximate surface area is 267 Å². The Morgan fingerprint density at radius 1 is 1.00 bits per heavy atom. The average molecular weight is 603 g/mol. The van der Waals surface area contributed by atoms with Gasteiger partial charge in [0, 0.05) is 52.8 Å². The molecule has 8 rings (SSSR count). The first-order valence-corrected chi connectivity index (χ1v) is 16.8. The van der Waals surface area contributed by atoms with Crippen LogP contribution in [0.5, 0.6) is 0 Å². The number of nitrogens with zero attached hydrogens (tertiary/aromatic N) is 1. The molecule has 1 aromatic heterocycles. The van der Waals surface area contributed by atoms with Crippen LogP contribution >= 0.6 is 0 Å². The van der Waals surface area contributed by atoms with Gasteiger partial charge >= 0.3 is 0 Å². The van der Waals surface area contributed by atoms with E-state index < -0.39 is 17.1 Å². The number of aliphatic hydroxyl groups excluding tert-OH is 1. The summed E-state index contributed by atoms with van der Waals surface area (Å²) >= 11 is 0. The summed E-state index contributed by atoms with van der Waals surface area (Å²) in [6.45, 7) is 6.79. The van der Waals surface area contributed by atoms with Gasteiger partial charge in [-0.15, -0.1) is 0 Å². The maximum atomic E-state index is 14.1. The Morgan fingerprint density at radius 3 is 2.64 bits per heavy atom. The number of rotatable bonds is 4. The van der Waals surface area contributed by atoms with Crippen LogP contribution in [0.25, 0.3) is 10.9 Å². The van der Waals surface area contributed by atoms with Crippen molar-refractivity contribution in [2.45, 2.75) is 89.4 Å². The van der Waals surface area contributed by atoms with Gasteiger partial charge in [-0.3, -0.25) is 9.69 Å². The molecule has 3 aromatic carbocycles. The summed E-state index contributed by atoms with van der Waals surface area (Å²) < 4.78 is 0. The lowest BCUT2D eigenvalue weighted by atomic mass is 9.64. The lowest BCUT2D eigenvalue weighted by molar-refractivity contribution is -0.0857. The summed E-state index contributed by atoms with van der Waals surface area (Å²) in [7, 11) is 0. The number of para-hydroxylation sites is 1. The first-order valence-electron chi connectivity index (χ1n) is 16.8. The maximum absolute atomic E-state index is 14.1. The summed E-state index contributed by atoms with van der Waals surface area (Å²) in [6.07, 6.45) is 8.13. The Balaban J connectivity index is 1.26. The van der Waals surface area contributed by atoms with Crippen LogP contribution in [0, 0.1) is 5.41 Å². The number of hydrogen-bond acceptors (Lipinski definition) is 4. The predicted molar refractivity (Wildman–Crippen MR) is 181 cm³/mol. The van der Waals surface area contributed by atoms with Crippen molar-refractivity contribution in [3.05, 3.63) is 118 Å². The lowest BCUT2D eigenvalue weighted by Gasteiger charge is -2.46. The second-order valence-electron chi connectivity index (χ2n) is 14.2. The minimum absolute atomic E-state index is 0.0185. The van der Waals surface area contributed by atoms with Gasteiger partial charge in [0.15, 0.2) is 5.78 Å². The normalized spacial score (nSPS) is 27.5. The van der Waals surface area contributed by atoms with E-state index in [1.54, 1.807) is 0 Å². The molecule has 4 aliphatic rings. The molecule has 4 aromatic rings. The van der Waals surface area contributed by atoms with Crippen LogP contribution in [0.15, 0.2) is 84.4 Å². The third-order valence-electron chi connectivity index (χ3n) is 11.4. The second kappa shape index (κ2) is 12.0. The van der Waals surface area contributed by atoms with E-state index in [0.29, 0.717) is 31.4 Å². The molecule has 4 atom stereocenters. The Kier molecular flexibility index (Phi) is 8.05. The van der Waals surface area contributed by atoms with E-state index in [2.05, 4.69) is 66.2 Å². The number of fused-ring (bicyclic) bond motifs is 11. The maximum Gasteiger partial charge on any atom is 0.193 e. The van der Waals surface area contributed by atoms with Crippen LogP contribution in [0.4, 0.5) is 0 Å². The van der Waals surface area contributed by atoms with Crippen LogP contribution in [-0.4, -0.2) is 50.7 Å². The van der Waals surface area contributed by atoms with Crippen molar-refractivity contribution in [2.75, 3.05) is 13.1 Å². The zero-order chi connectivity index (χ0) is 31.2. The summed E-state index contributed by atoms with van der Waals surface area (Å²) in [4.78, 5) is 20.2. The van der Waals surface area contributed by atoms with Crippen molar-refractivity contribution in [1.82, 2.24) is 9.88 Å². The van der Waals surface area contributed by atoms with Crippen LogP contribution in [-0.2, 0) is 19.4 Å². The number of benzene rings is 3. The quantitative estimate of drug-likeness (QED) is 0.167. The van der Waals surface area contributed by atoms with E-state index in [4.69, 9.17) is 0 Å². The fourth-order valence-corrected chi connectivity index (χ4v) is 8.70. The Morgan fingerprint density at radius 2 is 1.80 bits per heavy atom. The van der Waals surface area contributed by atoms with Crippen molar-refractivity contribution >= 4 is 16.7 Å². The summed E-state index contributed by atoms with van der Waals surface area (Å²) in [6, 6.07) is 24.4. The number of aromatic nitrogens is 1. The van der Waals surface area contributed by atoms with E-state index in [1.807, 2.05) is 36.4 Å². The third-order valence-corrected chi connectivity index (χ3v) is 11.4. The number of aromatic amines is 1. The molecule has 3 N–H and O–H groups in total. The highest BCUT2D eigenvalue weighted by atomic mass is 16.3. The molecule has 2 heterocycles. The molecule has 45 heavy (non-hydrogen) atoms. The van der Waals surface area contributed by atoms with Crippen LogP contribution < -0.4 is 0 Å². The highest BCUT2D eigenvalue weighted by Crippen LogP contribution is 2.59. The molecule has 5 nitrogen and oxygen atoms in total. The molecule has 1 fully saturated rings. The number of allylic oxidation sites excluding steroid dienone is 2. The van der Waals surface area contributed by atoms with E-state index in [1.165, 1.54) is 27.7 Å². The van der Waals surface area contributed by atoms with Gasteiger partial charge in [0.05, 0.1) is 11.7 Å². The van der Waals surface area contributed by atoms with Crippen molar-refractivity contribution < 1.29 is 15.0 Å². The van der Waals surface area contributed by atoms with Crippen LogP contribution in [0.3, 0.4) is 0 Å². The Hall–Kier alpha value is -3.51. The first-order chi connectivity index (χ1) is 21.7. The van der Waals surface area contributed by atoms with Crippen molar-refractivity contribution in [2.24, 2.45) is 5.41 Å². The second-order valence-corrected chi connectivity index (χ2v) is 14.2. The smallest absolute Gasteiger partial charge is 0.193 e. The SMILES string of the molecule is CC1=CCCC2(C)C(CCC2(O)CN2CCc3c([nH]c4ccccc34)C2)c2ccc(cc2C(=O)c2ccccc2)CC(O)CC1. The largest absolute Gasteiger partial charge is 0.393 e. The van der Waals surface area contributed by atoms with Crippen LogP contribution in [0.2, 0.25) is 0 Å². The Bertz CT molecular complexity index is 1740. The third kappa shape index (κ3) is 5.60. The van der Waals surface area contributed by atoms with Gasteiger partial charge in [0.25, 0.3) is 0 Å². The van der Waals surface area contributed by atoms with Crippen LogP contribution in [0.1, 0.15) is 96.6 Å². The van der Waals surface area contributed by atoms with Gasteiger partial charge in [-0.2, -0.15) is 0 Å². The van der Waals surface area contributed by atoms with Gasteiger partial charge in [-0.25, -0.2) is 0 Å².